The van der Waals surface area contributed by atoms with E-state index in [0.29, 0.717) is 0 Å². The number of nitrogens with zero attached hydrogens (tertiary/aromatic N) is 1. The SMILES string of the molecule is [O-][N+]1=CCSc2ccccc21. The molecular weight excluding hydrogens is 158 g/mol. The lowest BCUT2D eigenvalue weighted by molar-refractivity contribution is -0.359. The molecule has 3 heteroatoms. The zero-order valence-corrected chi connectivity index (χ0v) is 6.67. The largest absolute Gasteiger partial charge is 0.618 e. The fraction of sp³-hybridized carbons (Fsp3) is 0.125. The molecule has 1 aliphatic heterocycles. The van der Waals surface area contributed by atoms with Crippen LogP contribution in [0.2, 0.25) is 0 Å². The first-order valence-electron chi connectivity index (χ1n) is 3.39. The molecule has 0 spiro atoms. The Balaban J connectivity index is 2.56. The van der Waals surface area contributed by atoms with Crippen molar-refractivity contribution in [3.8, 4) is 0 Å². The minimum Gasteiger partial charge on any atom is -0.618 e. The van der Waals surface area contributed by atoms with Gasteiger partial charge in [-0.05, 0) is 6.07 Å². The topological polar surface area (TPSA) is 26.1 Å². The Hall–Kier alpha value is -0.960. The van der Waals surface area contributed by atoms with Gasteiger partial charge in [-0.2, -0.15) is 4.74 Å². The summed E-state index contributed by atoms with van der Waals surface area (Å²) in [6.45, 7) is 0. The molecule has 0 saturated heterocycles. The molecule has 11 heavy (non-hydrogen) atoms. The fourth-order valence-electron chi connectivity index (χ4n) is 1.05. The average molecular weight is 165 g/mol. The second-order valence-electron chi connectivity index (χ2n) is 2.29. The first kappa shape index (κ1) is 6.73. The van der Waals surface area contributed by atoms with Crippen molar-refractivity contribution in [2.75, 3.05) is 5.75 Å². The van der Waals surface area contributed by atoms with Crippen molar-refractivity contribution < 1.29 is 4.74 Å². The van der Waals surface area contributed by atoms with Crippen LogP contribution in [0.3, 0.4) is 0 Å². The maximum atomic E-state index is 11.1. The van der Waals surface area contributed by atoms with Gasteiger partial charge < -0.3 is 5.21 Å². The standard InChI is InChI=1S/C8H7NOS/c10-9-5-6-11-8-4-2-1-3-7(8)9/h1-5H,6H2. The molecule has 0 amide bonds. The Kier molecular flexibility index (Phi) is 1.58. The van der Waals surface area contributed by atoms with Crippen LogP contribution in [0.25, 0.3) is 0 Å². The average Bonchev–Trinajstić information content (AvgIpc) is 2.06. The molecule has 2 rings (SSSR count). The summed E-state index contributed by atoms with van der Waals surface area (Å²) >= 11 is 1.70. The third-order valence-electron chi connectivity index (χ3n) is 1.58. The molecule has 1 aromatic rings. The molecule has 0 aliphatic carbocycles. The minimum absolute atomic E-state index is 0.767. The zero-order valence-electron chi connectivity index (χ0n) is 5.86. The van der Waals surface area contributed by atoms with Gasteiger partial charge in [0.2, 0.25) is 5.69 Å². The van der Waals surface area contributed by atoms with Gasteiger partial charge in [0, 0.05) is 6.07 Å². The van der Waals surface area contributed by atoms with Crippen LogP contribution in [0.15, 0.2) is 29.2 Å². The number of fused-ring (bicyclic) bond motifs is 1. The van der Waals surface area contributed by atoms with E-state index in [9.17, 15) is 5.21 Å². The molecule has 0 aromatic heterocycles. The normalized spacial score (nSPS) is 15.5. The lowest BCUT2D eigenvalue weighted by atomic mass is 10.3. The van der Waals surface area contributed by atoms with E-state index in [4.69, 9.17) is 0 Å². The van der Waals surface area contributed by atoms with Crippen molar-refractivity contribution in [1.82, 2.24) is 0 Å². The van der Waals surface area contributed by atoms with Gasteiger partial charge in [0.05, 0.1) is 10.6 Å². The summed E-state index contributed by atoms with van der Waals surface area (Å²) in [7, 11) is 0. The van der Waals surface area contributed by atoms with Crippen LogP contribution in [-0.4, -0.2) is 16.7 Å². The van der Waals surface area contributed by atoms with Crippen LogP contribution in [-0.2, 0) is 0 Å². The molecular formula is C8H7NOS. The van der Waals surface area contributed by atoms with E-state index in [1.165, 1.54) is 0 Å². The second kappa shape index (κ2) is 2.58. The number of para-hydroxylation sites is 1. The molecule has 0 N–H and O–H groups in total. The Morgan fingerprint density at radius 1 is 1.36 bits per heavy atom. The summed E-state index contributed by atoms with van der Waals surface area (Å²) < 4.78 is 0.936. The van der Waals surface area contributed by atoms with E-state index in [2.05, 4.69) is 0 Å². The van der Waals surface area contributed by atoms with Crippen molar-refractivity contribution in [1.29, 1.82) is 0 Å². The van der Waals surface area contributed by atoms with Crippen molar-refractivity contribution >= 4 is 23.7 Å². The third-order valence-corrected chi connectivity index (χ3v) is 2.55. The van der Waals surface area contributed by atoms with E-state index in [-0.39, 0.29) is 0 Å². The smallest absolute Gasteiger partial charge is 0.229 e. The molecule has 56 valence electrons. The molecule has 1 aromatic carbocycles. The number of hydrogen-bond acceptors (Lipinski definition) is 2. The lowest BCUT2D eigenvalue weighted by Gasteiger charge is -2.10. The van der Waals surface area contributed by atoms with Gasteiger partial charge >= 0.3 is 0 Å². The third kappa shape index (κ3) is 1.12. The Morgan fingerprint density at radius 3 is 3.00 bits per heavy atom. The predicted molar refractivity (Wildman–Crippen MR) is 46.5 cm³/mol. The Morgan fingerprint density at radius 2 is 2.18 bits per heavy atom. The maximum Gasteiger partial charge on any atom is 0.229 e. The number of rotatable bonds is 0. The van der Waals surface area contributed by atoms with E-state index >= 15 is 0 Å². The number of hydrogen-bond donors (Lipinski definition) is 0. The fourth-order valence-corrected chi connectivity index (χ4v) is 1.92. The molecule has 2 nitrogen and oxygen atoms in total. The highest BCUT2D eigenvalue weighted by Crippen LogP contribution is 2.30. The summed E-state index contributed by atoms with van der Waals surface area (Å²) in [5.74, 6) is 0.778. The van der Waals surface area contributed by atoms with Crippen molar-refractivity contribution in [2.24, 2.45) is 0 Å². The summed E-state index contributed by atoms with van der Waals surface area (Å²) in [5.41, 5.74) is 0.767. The molecule has 0 fully saturated rings. The monoisotopic (exact) mass is 165 g/mol. The van der Waals surface area contributed by atoms with Crippen LogP contribution in [0, 0.1) is 5.21 Å². The predicted octanol–water partition coefficient (Wildman–Crippen LogP) is 2.00. The molecule has 0 unspecified atom stereocenters. The van der Waals surface area contributed by atoms with Gasteiger partial charge in [-0.15, -0.1) is 11.8 Å². The number of benzene rings is 1. The molecule has 1 heterocycles. The minimum atomic E-state index is 0.767. The second-order valence-corrected chi connectivity index (χ2v) is 3.35. The first-order chi connectivity index (χ1) is 5.38. The highest BCUT2D eigenvalue weighted by Gasteiger charge is 2.13. The van der Waals surface area contributed by atoms with Crippen molar-refractivity contribution in [2.45, 2.75) is 4.90 Å². The van der Waals surface area contributed by atoms with Gasteiger partial charge in [-0.3, -0.25) is 0 Å². The quantitative estimate of drug-likeness (QED) is 0.434. The van der Waals surface area contributed by atoms with Crippen molar-refractivity contribution in [3.05, 3.63) is 29.5 Å². The van der Waals surface area contributed by atoms with Crippen LogP contribution in [0.4, 0.5) is 5.69 Å². The van der Waals surface area contributed by atoms with E-state index in [1.54, 1.807) is 18.0 Å². The van der Waals surface area contributed by atoms with Gasteiger partial charge in [-0.1, -0.05) is 12.1 Å². The summed E-state index contributed by atoms with van der Waals surface area (Å²) in [4.78, 5) is 1.07. The highest BCUT2D eigenvalue weighted by molar-refractivity contribution is 8.00. The number of thioether (sulfide) groups is 1. The van der Waals surface area contributed by atoms with Crippen LogP contribution in [0.5, 0.6) is 0 Å². The summed E-state index contributed by atoms with van der Waals surface area (Å²) in [5, 5.41) is 11.1. The van der Waals surface area contributed by atoms with Crippen LogP contribution >= 0.6 is 11.8 Å². The summed E-state index contributed by atoms with van der Waals surface area (Å²) in [6, 6.07) is 7.64. The van der Waals surface area contributed by atoms with Crippen molar-refractivity contribution in [3.63, 3.8) is 0 Å². The van der Waals surface area contributed by atoms with E-state index < -0.39 is 0 Å². The first-order valence-corrected chi connectivity index (χ1v) is 4.38. The van der Waals surface area contributed by atoms with E-state index in [1.807, 2.05) is 24.3 Å². The molecule has 0 saturated carbocycles. The highest BCUT2D eigenvalue weighted by atomic mass is 32.2. The summed E-state index contributed by atoms with van der Waals surface area (Å²) in [6.07, 6.45) is 1.65. The molecule has 0 bridgehead atoms. The Labute approximate surface area is 69.1 Å². The molecule has 0 atom stereocenters. The molecule has 1 aliphatic rings. The van der Waals surface area contributed by atoms with Crippen LogP contribution < -0.4 is 0 Å². The Bertz CT molecular complexity index is 309. The van der Waals surface area contributed by atoms with Gasteiger partial charge in [0.25, 0.3) is 0 Å². The van der Waals surface area contributed by atoms with Crippen LogP contribution in [0.1, 0.15) is 0 Å². The van der Waals surface area contributed by atoms with E-state index in [0.717, 1.165) is 21.1 Å². The lowest BCUT2D eigenvalue weighted by Crippen LogP contribution is -2.05. The molecule has 0 radical (unpaired) electrons. The van der Waals surface area contributed by atoms with Gasteiger partial charge in [-0.25, -0.2) is 0 Å². The maximum absolute atomic E-state index is 11.1. The zero-order chi connectivity index (χ0) is 7.68. The van der Waals surface area contributed by atoms with Gasteiger partial charge in [0.15, 0.2) is 6.21 Å². The van der Waals surface area contributed by atoms with Gasteiger partial charge in [0.1, 0.15) is 0 Å².